The third kappa shape index (κ3) is 4.18. The molecule has 1 fully saturated rings. The first kappa shape index (κ1) is 15.7. The van der Waals surface area contributed by atoms with Crippen molar-refractivity contribution < 1.29 is 9.53 Å². The summed E-state index contributed by atoms with van der Waals surface area (Å²) in [6.07, 6.45) is 0. The molecule has 1 heterocycles. The van der Waals surface area contributed by atoms with E-state index in [2.05, 4.69) is 34.9 Å². The van der Waals surface area contributed by atoms with Crippen LogP contribution in [0, 0.1) is 0 Å². The van der Waals surface area contributed by atoms with Crippen LogP contribution in [0.2, 0.25) is 0 Å². The Kier molecular flexibility index (Phi) is 5.40. The monoisotopic (exact) mass is 310 g/mol. The predicted octanol–water partition coefficient (Wildman–Crippen LogP) is 1.92. The summed E-state index contributed by atoms with van der Waals surface area (Å²) in [6, 6.07) is 20.3. The zero-order chi connectivity index (χ0) is 15.9. The quantitative estimate of drug-likeness (QED) is 0.887. The van der Waals surface area contributed by atoms with Crippen LogP contribution in [0.15, 0.2) is 60.7 Å². The molecule has 2 aromatic carbocycles. The van der Waals surface area contributed by atoms with E-state index < -0.39 is 0 Å². The van der Waals surface area contributed by atoms with Gasteiger partial charge in [-0.2, -0.15) is 0 Å². The summed E-state index contributed by atoms with van der Waals surface area (Å²) in [7, 11) is 0. The lowest BCUT2D eigenvalue weighted by atomic mass is 9.91. The lowest BCUT2D eigenvalue weighted by molar-refractivity contribution is -0.125. The summed E-state index contributed by atoms with van der Waals surface area (Å²) in [4.78, 5) is 12.3. The maximum absolute atomic E-state index is 12.3. The molecule has 23 heavy (non-hydrogen) atoms. The van der Waals surface area contributed by atoms with Crippen LogP contribution >= 0.6 is 0 Å². The zero-order valence-electron chi connectivity index (χ0n) is 13.1. The number of morpholine rings is 1. The van der Waals surface area contributed by atoms with Crippen molar-refractivity contribution in [3.63, 3.8) is 0 Å². The summed E-state index contributed by atoms with van der Waals surface area (Å²) in [5, 5.41) is 6.25. The Morgan fingerprint density at radius 3 is 2.22 bits per heavy atom. The number of amides is 1. The molecular formula is C19H22N2O2. The van der Waals surface area contributed by atoms with Gasteiger partial charge >= 0.3 is 0 Å². The maximum atomic E-state index is 12.3. The molecule has 1 atom stereocenters. The van der Waals surface area contributed by atoms with Crippen molar-refractivity contribution in [2.45, 2.75) is 12.0 Å². The number of carbonyl (C=O) groups is 1. The van der Waals surface area contributed by atoms with E-state index in [0.29, 0.717) is 19.8 Å². The molecule has 4 nitrogen and oxygen atoms in total. The van der Waals surface area contributed by atoms with Crippen LogP contribution in [0.4, 0.5) is 0 Å². The molecule has 0 radical (unpaired) electrons. The van der Waals surface area contributed by atoms with Gasteiger partial charge in [0.2, 0.25) is 5.91 Å². The van der Waals surface area contributed by atoms with Crippen molar-refractivity contribution in [2.24, 2.45) is 0 Å². The summed E-state index contributed by atoms with van der Waals surface area (Å²) >= 11 is 0. The fourth-order valence-electron chi connectivity index (χ4n) is 2.86. The van der Waals surface area contributed by atoms with Gasteiger partial charge in [0.1, 0.15) is 6.04 Å². The third-order valence-corrected chi connectivity index (χ3v) is 4.12. The Labute approximate surface area is 136 Å². The molecule has 1 unspecified atom stereocenters. The molecule has 0 aliphatic carbocycles. The van der Waals surface area contributed by atoms with E-state index in [1.54, 1.807) is 0 Å². The Balaban J connectivity index is 1.70. The van der Waals surface area contributed by atoms with Crippen molar-refractivity contribution in [2.75, 3.05) is 26.3 Å². The number of rotatable bonds is 5. The van der Waals surface area contributed by atoms with Crippen LogP contribution in [0.1, 0.15) is 17.0 Å². The minimum Gasteiger partial charge on any atom is -0.378 e. The molecule has 1 aliphatic heterocycles. The van der Waals surface area contributed by atoms with Crippen LogP contribution in [0.5, 0.6) is 0 Å². The van der Waals surface area contributed by atoms with Gasteiger partial charge in [-0.3, -0.25) is 4.79 Å². The number of benzene rings is 2. The van der Waals surface area contributed by atoms with Gasteiger partial charge in [-0.1, -0.05) is 60.7 Å². The zero-order valence-corrected chi connectivity index (χ0v) is 13.1. The molecule has 120 valence electrons. The normalized spacial score (nSPS) is 17.9. The van der Waals surface area contributed by atoms with Gasteiger partial charge in [0.25, 0.3) is 0 Å². The number of carbonyl (C=O) groups excluding carboxylic acids is 1. The lowest BCUT2D eigenvalue weighted by Crippen LogP contribution is -2.51. The van der Waals surface area contributed by atoms with E-state index in [0.717, 1.165) is 6.54 Å². The molecule has 0 bridgehead atoms. The van der Waals surface area contributed by atoms with Gasteiger partial charge in [-0.15, -0.1) is 0 Å². The summed E-state index contributed by atoms with van der Waals surface area (Å²) < 4.78 is 5.36. The van der Waals surface area contributed by atoms with Crippen LogP contribution < -0.4 is 10.6 Å². The molecule has 1 saturated heterocycles. The average molecular weight is 310 g/mol. The predicted molar refractivity (Wildman–Crippen MR) is 90.3 cm³/mol. The van der Waals surface area contributed by atoms with Gasteiger partial charge in [0.15, 0.2) is 0 Å². The SMILES string of the molecule is O=C(NCC(c1ccccc1)c1ccccc1)C1COCCN1. The summed E-state index contributed by atoms with van der Waals surface area (Å²) in [6.45, 7) is 2.40. The van der Waals surface area contributed by atoms with Crippen LogP contribution in [0.25, 0.3) is 0 Å². The Morgan fingerprint density at radius 1 is 1.09 bits per heavy atom. The molecule has 4 heteroatoms. The highest BCUT2D eigenvalue weighted by molar-refractivity contribution is 5.82. The van der Waals surface area contributed by atoms with E-state index in [1.807, 2.05) is 36.4 Å². The van der Waals surface area contributed by atoms with Gasteiger partial charge in [0, 0.05) is 19.0 Å². The molecule has 0 spiro atoms. The van der Waals surface area contributed by atoms with Crippen LogP contribution in [-0.2, 0) is 9.53 Å². The molecule has 1 aliphatic rings. The average Bonchev–Trinajstić information content (AvgIpc) is 2.64. The molecule has 2 aromatic rings. The van der Waals surface area contributed by atoms with Crippen molar-refractivity contribution in [3.05, 3.63) is 71.8 Å². The second kappa shape index (κ2) is 7.90. The fourth-order valence-corrected chi connectivity index (χ4v) is 2.86. The van der Waals surface area contributed by atoms with Crippen molar-refractivity contribution in [3.8, 4) is 0 Å². The van der Waals surface area contributed by atoms with E-state index in [9.17, 15) is 4.79 Å². The lowest BCUT2D eigenvalue weighted by Gasteiger charge is -2.25. The van der Waals surface area contributed by atoms with Crippen molar-refractivity contribution in [1.82, 2.24) is 10.6 Å². The van der Waals surface area contributed by atoms with Crippen LogP contribution in [-0.4, -0.2) is 38.3 Å². The summed E-state index contributed by atoms with van der Waals surface area (Å²) in [5.74, 6) is 0.146. The molecular weight excluding hydrogens is 288 g/mol. The number of ether oxygens (including phenoxy) is 1. The molecule has 0 aromatic heterocycles. The maximum Gasteiger partial charge on any atom is 0.239 e. The first-order valence-electron chi connectivity index (χ1n) is 8.03. The summed E-state index contributed by atoms with van der Waals surface area (Å²) in [5.41, 5.74) is 2.40. The molecule has 3 rings (SSSR count). The highest BCUT2D eigenvalue weighted by Gasteiger charge is 2.22. The molecule has 0 saturated carbocycles. The smallest absolute Gasteiger partial charge is 0.239 e. The Bertz CT molecular complexity index is 570. The van der Waals surface area contributed by atoms with E-state index in [-0.39, 0.29) is 17.9 Å². The van der Waals surface area contributed by atoms with Gasteiger partial charge in [0.05, 0.1) is 13.2 Å². The highest BCUT2D eigenvalue weighted by Crippen LogP contribution is 2.23. The fraction of sp³-hybridized carbons (Fsp3) is 0.316. The van der Waals surface area contributed by atoms with Crippen LogP contribution in [0.3, 0.4) is 0 Å². The second-order valence-corrected chi connectivity index (χ2v) is 5.70. The second-order valence-electron chi connectivity index (χ2n) is 5.70. The Hall–Kier alpha value is -2.17. The van der Waals surface area contributed by atoms with Gasteiger partial charge < -0.3 is 15.4 Å². The topological polar surface area (TPSA) is 50.4 Å². The number of hydrogen-bond donors (Lipinski definition) is 2. The number of nitrogens with one attached hydrogen (secondary N) is 2. The molecule has 1 amide bonds. The minimum absolute atomic E-state index is 0.00145. The standard InChI is InChI=1S/C19H22N2O2/c22-19(18-14-23-12-11-20-18)21-13-17(15-7-3-1-4-8-15)16-9-5-2-6-10-16/h1-10,17-18,20H,11-14H2,(H,21,22). The van der Waals surface area contributed by atoms with E-state index in [1.165, 1.54) is 11.1 Å². The van der Waals surface area contributed by atoms with Gasteiger partial charge in [-0.05, 0) is 11.1 Å². The van der Waals surface area contributed by atoms with Crippen molar-refractivity contribution >= 4 is 5.91 Å². The van der Waals surface area contributed by atoms with E-state index in [4.69, 9.17) is 4.74 Å². The minimum atomic E-state index is -0.254. The molecule has 2 N–H and O–H groups in total. The highest BCUT2D eigenvalue weighted by atomic mass is 16.5. The first-order valence-corrected chi connectivity index (χ1v) is 8.03. The van der Waals surface area contributed by atoms with Gasteiger partial charge in [-0.25, -0.2) is 0 Å². The van der Waals surface area contributed by atoms with Crippen molar-refractivity contribution in [1.29, 1.82) is 0 Å². The largest absolute Gasteiger partial charge is 0.378 e. The third-order valence-electron chi connectivity index (χ3n) is 4.12. The Morgan fingerprint density at radius 2 is 1.70 bits per heavy atom. The number of hydrogen-bond acceptors (Lipinski definition) is 3. The van der Waals surface area contributed by atoms with E-state index >= 15 is 0 Å². The first-order chi connectivity index (χ1) is 11.3.